The number of amides is 1. The number of nitrogens with one attached hydrogen (secondary N) is 2. The van der Waals surface area contributed by atoms with Crippen LogP contribution in [0.2, 0.25) is 0 Å². The van der Waals surface area contributed by atoms with Crippen LogP contribution in [0.25, 0.3) is 20.8 Å². The Morgan fingerprint density at radius 2 is 1.75 bits per heavy atom. The largest absolute Gasteiger partial charge is 0.351 e. The summed E-state index contributed by atoms with van der Waals surface area (Å²) in [5.41, 5.74) is 0.554. The molecule has 0 saturated carbocycles. The molecule has 0 spiro atoms. The molecule has 2 N–H and O–H groups in total. The lowest BCUT2D eigenvalue weighted by Gasteiger charge is -2.06. The van der Waals surface area contributed by atoms with Crippen molar-refractivity contribution in [1.29, 1.82) is 0 Å². The number of carbonyl (C=O) groups excluding carboxylic acids is 1. The molecule has 8 heteroatoms. The number of nitrogens with zero attached hydrogens (tertiary/aromatic N) is 2. The predicted molar refractivity (Wildman–Crippen MR) is 114 cm³/mol. The Kier molecular flexibility index (Phi) is 7.47. The molecule has 0 aliphatic heterocycles. The fraction of sp³-hybridized carbons (Fsp3) is 0.300. The number of hydrogen-bond acceptors (Lipinski definition) is 6. The third kappa shape index (κ3) is 5.34. The Bertz CT molecular complexity index is 1010. The molecule has 0 radical (unpaired) electrons. The number of carbonyl (C=O) groups is 1. The molecule has 146 valence electrons. The number of benzene rings is 1. The lowest BCUT2D eigenvalue weighted by Crippen LogP contribution is -2.25. The van der Waals surface area contributed by atoms with Gasteiger partial charge < -0.3 is 5.32 Å². The van der Waals surface area contributed by atoms with Gasteiger partial charge in [0, 0.05) is 17.8 Å². The minimum absolute atomic E-state index is 0.225. The van der Waals surface area contributed by atoms with E-state index in [0.29, 0.717) is 28.3 Å². The van der Waals surface area contributed by atoms with Gasteiger partial charge in [-0.1, -0.05) is 31.0 Å². The maximum absolute atomic E-state index is 12.4. The van der Waals surface area contributed by atoms with Crippen molar-refractivity contribution in [2.24, 2.45) is 0 Å². The van der Waals surface area contributed by atoms with Crippen LogP contribution in [0.5, 0.6) is 0 Å². The lowest BCUT2D eigenvalue weighted by molar-refractivity contribution is 0.0948. The Morgan fingerprint density at radius 3 is 2.57 bits per heavy atom. The zero-order valence-corrected chi connectivity index (χ0v) is 16.9. The number of halogens is 1. The maximum Gasteiger partial charge on any atom is 0.279 e. The summed E-state index contributed by atoms with van der Waals surface area (Å²) in [6.07, 6.45) is 4.02. The highest BCUT2D eigenvalue weighted by Gasteiger charge is 2.11. The zero-order valence-electron chi connectivity index (χ0n) is 15.3. The lowest BCUT2D eigenvalue weighted by atomic mass is 10.2. The highest BCUT2D eigenvalue weighted by Crippen LogP contribution is 2.24. The standard InChI is InChI=1S/C20H21ClN4O2S/c21-23-13-6-2-1-5-12-22-19(27)15-9-7-10-16(24-15)20-25-18(26)14-8-3-4-11-17(14)28-20/h3-4,7-11,23H,1-2,5-6,12-13H2,(H,22,27). The molecule has 1 amide bonds. The van der Waals surface area contributed by atoms with Crippen LogP contribution in [-0.2, 0) is 0 Å². The monoisotopic (exact) mass is 416 g/mol. The van der Waals surface area contributed by atoms with E-state index in [2.05, 4.69) is 20.1 Å². The quantitative estimate of drug-likeness (QED) is 0.410. The van der Waals surface area contributed by atoms with Gasteiger partial charge >= 0.3 is 0 Å². The van der Waals surface area contributed by atoms with Gasteiger partial charge in [-0.3, -0.25) is 9.59 Å². The van der Waals surface area contributed by atoms with Gasteiger partial charge in [0.25, 0.3) is 11.5 Å². The molecule has 0 aliphatic carbocycles. The first kappa shape index (κ1) is 20.4. The van der Waals surface area contributed by atoms with E-state index in [0.717, 1.165) is 36.9 Å². The van der Waals surface area contributed by atoms with E-state index in [-0.39, 0.29) is 11.5 Å². The normalized spacial score (nSPS) is 10.9. The molecule has 0 fully saturated rings. The van der Waals surface area contributed by atoms with E-state index >= 15 is 0 Å². The smallest absolute Gasteiger partial charge is 0.279 e. The summed E-state index contributed by atoms with van der Waals surface area (Å²) in [4.78, 5) is 35.7. The molecule has 1 aromatic carbocycles. The van der Waals surface area contributed by atoms with Crippen LogP contribution in [-0.4, -0.2) is 29.0 Å². The molecular weight excluding hydrogens is 396 g/mol. The van der Waals surface area contributed by atoms with Crippen LogP contribution >= 0.6 is 23.1 Å². The summed E-state index contributed by atoms with van der Waals surface area (Å²) in [5, 5.41) is 3.98. The first-order valence-corrected chi connectivity index (χ1v) is 10.4. The van der Waals surface area contributed by atoms with Crippen molar-refractivity contribution in [3.05, 3.63) is 58.5 Å². The number of aromatic nitrogens is 2. The second-order valence-electron chi connectivity index (χ2n) is 6.28. The average Bonchev–Trinajstić information content (AvgIpc) is 2.73. The van der Waals surface area contributed by atoms with Gasteiger partial charge in [0.2, 0.25) is 0 Å². The number of pyridine rings is 1. The van der Waals surface area contributed by atoms with E-state index in [4.69, 9.17) is 11.8 Å². The minimum Gasteiger partial charge on any atom is -0.351 e. The van der Waals surface area contributed by atoms with Gasteiger partial charge in [-0.2, -0.15) is 4.98 Å². The molecule has 6 nitrogen and oxygen atoms in total. The molecule has 0 atom stereocenters. The summed E-state index contributed by atoms with van der Waals surface area (Å²) in [6.45, 7) is 1.39. The van der Waals surface area contributed by atoms with Crippen LogP contribution in [0.4, 0.5) is 0 Å². The molecule has 0 bridgehead atoms. The van der Waals surface area contributed by atoms with Crippen LogP contribution in [0.3, 0.4) is 0 Å². The molecule has 3 aromatic rings. The van der Waals surface area contributed by atoms with Crippen molar-refractivity contribution >= 4 is 39.1 Å². The molecule has 0 aliphatic rings. The Balaban J connectivity index is 1.65. The number of hydrogen-bond donors (Lipinski definition) is 2. The van der Waals surface area contributed by atoms with Crippen molar-refractivity contribution in [3.8, 4) is 10.7 Å². The second-order valence-corrected chi connectivity index (χ2v) is 7.58. The molecule has 0 saturated heterocycles. The van der Waals surface area contributed by atoms with E-state index in [9.17, 15) is 9.59 Å². The summed E-state index contributed by atoms with van der Waals surface area (Å²) in [6, 6.07) is 12.5. The first-order chi connectivity index (χ1) is 13.7. The molecule has 3 rings (SSSR count). The Morgan fingerprint density at radius 1 is 0.964 bits per heavy atom. The topological polar surface area (TPSA) is 84.0 Å². The van der Waals surface area contributed by atoms with Crippen LogP contribution < -0.4 is 15.7 Å². The summed E-state index contributed by atoms with van der Waals surface area (Å²) in [7, 11) is 0. The van der Waals surface area contributed by atoms with E-state index in [1.165, 1.54) is 11.3 Å². The van der Waals surface area contributed by atoms with Crippen molar-refractivity contribution < 1.29 is 4.79 Å². The number of fused-ring (bicyclic) bond motifs is 1. The van der Waals surface area contributed by atoms with Gasteiger partial charge in [-0.25, -0.2) is 9.82 Å². The van der Waals surface area contributed by atoms with Crippen molar-refractivity contribution in [1.82, 2.24) is 20.1 Å². The highest BCUT2D eigenvalue weighted by molar-refractivity contribution is 7.21. The predicted octanol–water partition coefficient (Wildman–Crippen LogP) is 3.75. The molecule has 0 unspecified atom stereocenters. The van der Waals surface area contributed by atoms with Gasteiger partial charge in [-0.05, 0) is 48.9 Å². The fourth-order valence-corrected chi connectivity index (χ4v) is 3.87. The zero-order chi connectivity index (χ0) is 19.8. The van der Waals surface area contributed by atoms with E-state index in [1.807, 2.05) is 18.2 Å². The third-order valence-corrected chi connectivity index (χ3v) is 5.47. The Hall–Kier alpha value is -2.35. The van der Waals surface area contributed by atoms with Crippen LogP contribution in [0.1, 0.15) is 36.2 Å². The Labute approximate surface area is 172 Å². The average molecular weight is 417 g/mol. The summed E-state index contributed by atoms with van der Waals surface area (Å²) in [5.74, 6) is -0.225. The van der Waals surface area contributed by atoms with Crippen LogP contribution in [0, 0.1) is 0 Å². The van der Waals surface area contributed by atoms with Gasteiger partial charge in [0.1, 0.15) is 10.7 Å². The molecule has 2 heterocycles. The van der Waals surface area contributed by atoms with Crippen LogP contribution in [0.15, 0.2) is 47.3 Å². The van der Waals surface area contributed by atoms with Gasteiger partial charge in [-0.15, -0.1) is 11.3 Å². The van der Waals surface area contributed by atoms with Crippen molar-refractivity contribution in [3.63, 3.8) is 0 Å². The van der Waals surface area contributed by atoms with E-state index < -0.39 is 0 Å². The minimum atomic E-state index is -0.287. The third-order valence-electron chi connectivity index (χ3n) is 4.21. The SMILES string of the molecule is O=C(NCCCCCCNCl)c1cccc(-c2nc(=O)c3ccccc3s2)n1. The van der Waals surface area contributed by atoms with Gasteiger partial charge in [0.15, 0.2) is 0 Å². The van der Waals surface area contributed by atoms with E-state index in [1.54, 1.807) is 24.3 Å². The molecule has 28 heavy (non-hydrogen) atoms. The first-order valence-electron chi connectivity index (χ1n) is 9.18. The highest BCUT2D eigenvalue weighted by atomic mass is 35.5. The second kappa shape index (κ2) is 10.3. The molecule has 2 aromatic heterocycles. The summed E-state index contributed by atoms with van der Waals surface area (Å²) < 4.78 is 0.846. The summed E-state index contributed by atoms with van der Waals surface area (Å²) >= 11 is 6.80. The van der Waals surface area contributed by atoms with Crippen molar-refractivity contribution in [2.75, 3.05) is 13.1 Å². The fourth-order valence-electron chi connectivity index (χ4n) is 2.76. The number of rotatable bonds is 9. The van der Waals surface area contributed by atoms with Gasteiger partial charge in [0.05, 0.1) is 11.1 Å². The number of unbranched alkanes of at least 4 members (excludes halogenated alkanes) is 3. The molecular formula is C20H21ClN4O2S. The maximum atomic E-state index is 12.4. The van der Waals surface area contributed by atoms with Crippen molar-refractivity contribution in [2.45, 2.75) is 25.7 Å².